The van der Waals surface area contributed by atoms with E-state index in [1.165, 1.54) is 0 Å². The molecular formula is C19H25ClN4O3. The van der Waals surface area contributed by atoms with Crippen LogP contribution in [0.4, 0.5) is 0 Å². The van der Waals surface area contributed by atoms with E-state index < -0.39 is 0 Å². The van der Waals surface area contributed by atoms with Gasteiger partial charge in [0.2, 0.25) is 5.91 Å². The average molecular weight is 393 g/mol. The third-order valence-electron chi connectivity index (χ3n) is 6.79. The number of nitrogens with zero attached hydrogens (tertiary/aromatic N) is 2. The van der Waals surface area contributed by atoms with E-state index in [0.717, 1.165) is 50.6 Å². The van der Waals surface area contributed by atoms with E-state index in [-0.39, 0.29) is 34.5 Å². The standard InChI is InChI=1S/C19H25ClN4O3/c20-16-14(15(22-23-16)11-3-4-11)17(25)24-8-5-12(10-24)21-18(26)19-6-1-2-13(19)27-9-7-19/h11-13H,1-10H2,(H,21,26)(H,22,23)/t12-,13-,19+/m1/s1. The van der Waals surface area contributed by atoms with E-state index in [2.05, 4.69) is 15.5 Å². The number of aromatic nitrogens is 2. The number of likely N-dealkylation sites (tertiary alicyclic amines) is 1. The van der Waals surface area contributed by atoms with Gasteiger partial charge in [-0.15, -0.1) is 0 Å². The Morgan fingerprint density at radius 2 is 2.11 bits per heavy atom. The van der Waals surface area contributed by atoms with Crippen LogP contribution in [0.5, 0.6) is 0 Å². The van der Waals surface area contributed by atoms with E-state index in [1.807, 2.05) is 0 Å². The first-order valence-electron chi connectivity index (χ1n) is 10.0. The van der Waals surface area contributed by atoms with Gasteiger partial charge >= 0.3 is 0 Å². The highest BCUT2D eigenvalue weighted by Gasteiger charge is 2.53. The zero-order chi connectivity index (χ0) is 18.6. The van der Waals surface area contributed by atoms with Crippen molar-refractivity contribution in [1.29, 1.82) is 0 Å². The van der Waals surface area contributed by atoms with Crippen LogP contribution in [0.3, 0.4) is 0 Å². The second kappa shape index (κ2) is 6.48. The lowest BCUT2D eigenvalue weighted by molar-refractivity contribution is -0.133. The van der Waals surface area contributed by atoms with Gasteiger partial charge in [-0.25, -0.2) is 0 Å². The summed E-state index contributed by atoms with van der Waals surface area (Å²) in [6, 6.07) is -0.00673. The van der Waals surface area contributed by atoms with Crippen LogP contribution in [-0.2, 0) is 9.53 Å². The first kappa shape index (κ1) is 17.5. The molecule has 2 saturated heterocycles. The van der Waals surface area contributed by atoms with Crippen molar-refractivity contribution in [3.05, 3.63) is 16.4 Å². The molecule has 2 saturated carbocycles. The molecule has 2 amide bonds. The van der Waals surface area contributed by atoms with Gasteiger partial charge in [0.25, 0.3) is 5.91 Å². The summed E-state index contributed by atoms with van der Waals surface area (Å²) < 4.78 is 5.78. The quantitative estimate of drug-likeness (QED) is 0.822. The van der Waals surface area contributed by atoms with Gasteiger partial charge in [-0.3, -0.25) is 14.7 Å². The minimum atomic E-state index is -0.343. The molecule has 0 unspecified atom stereocenters. The molecule has 2 N–H and O–H groups in total. The third-order valence-corrected chi connectivity index (χ3v) is 7.06. The Hall–Kier alpha value is -1.60. The second-order valence-electron chi connectivity index (χ2n) is 8.45. The number of ether oxygens (including phenoxy) is 1. The molecule has 0 spiro atoms. The van der Waals surface area contributed by atoms with E-state index >= 15 is 0 Å². The molecule has 5 rings (SSSR count). The Morgan fingerprint density at radius 3 is 2.93 bits per heavy atom. The largest absolute Gasteiger partial charge is 0.377 e. The van der Waals surface area contributed by atoms with Gasteiger partial charge in [-0.1, -0.05) is 11.6 Å². The molecule has 3 heterocycles. The summed E-state index contributed by atoms with van der Waals surface area (Å²) in [5.74, 6) is 0.415. The number of hydrogen-bond donors (Lipinski definition) is 2. The molecule has 0 bridgehead atoms. The summed E-state index contributed by atoms with van der Waals surface area (Å²) in [5, 5.41) is 10.4. The second-order valence-corrected chi connectivity index (χ2v) is 8.80. The topological polar surface area (TPSA) is 87.3 Å². The summed E-state index contributed by atoms with van der Waals surface area (Å²) in [6.07, 6.45) is 6.74. The summed E-state index contributed by atoms with van der Waals surface area (Å²) in [5.41, 5.74) is 1.04. The zero-order valence-corrected chi connectivity index (χ0v) is 16.1. The molecule has 0 aromatic carbocycles. The lowest BCUT2D eigenvalue weighted by Gasteiger charge is -2.28. The van der Waals surface area contributed by atoms with Crippen molar-refractivity contribution in [1.82, 2.24) is 20.4 Å². The number of rotatable bonds is 4. The van der Waals surface area contributed by atoms with Gasteiger partial charge in [-0.05, 0) is 44.9 Å². The van der Waals surface area contributed by atoms with Gasteiger partial charge in [-0.2, -0.15) is 5.10 Å². The Bertz CT molecular complexity index is 765. The Balaban J connectivity index is 1.25. The predicted molar refractivity (Wildman–Crippen MR) is 98.7 cm³/mol. The Labute approximate surface area is 163 Å². The lowest BCUT2D eigenvalue weighted by Crippen LogP contribution is -2.48. The highest BCUT2D eigenvalue weighted by Crippen LogP contribution is 2.47. The number of halogens is 1. The summed E-state index contributed by atoms with van der Waals surface area (Å²) in [6.45, 7) is 1.83. The molecule has 4 aliphatic rings. The molecule has 1 aromatic rings. The van der Waals surface area contributed by atoms with E-state index in [4.69, 9.17) is 16.3 Å². The number of hydrogen-bond acceptors (Lipinski definition) is 4. The number of amides is 2. The van der Waals surface area contributed by atoms with E-state index in [0.29, 0.717) is 31.2 Å². The van der Waals surface area contributed by atoms with Crippen LogP contribution in [0.25, 0.3) is 0 Å². The minimum absolute atomic E-state index is 0.00673. The number of fused-ring (bicyclic) bond motifs is 1. The summed E-state index contributed by atoms with van der Waals surface area (Å²) in [4.78, 5) is 27.8. The molecule has 2 aliphatic carbocycles. The van der Waals surface area contributed by atoms with Crippen molar-refractivity contribution >= 4 is 23.4 Å². The van der Waals surface area contributed by atoms with Crippen LogP contribution >= 0.6 is 11.6 Å². The minimum Gasteiger partial charge on any atom is -0.377 e. The molecule has 27 heavy (non-hydrogen) atoms. The van der Waals surface area contributed by atoms with Gasteiger partial charge < -0.3 is 15.0 Å². The van der Waals surface area contributed by atoms with E-state index in [9.17, 15) is 9.59 Å². The molecular weight excluding hydrogens is 368 g/mol. The van der Waals surface area contributed by atoms with Crippen molar-refractivity contribution in [3.63, 3.8) is 0 Å². The van der Waals surface area contributed by atoms with Crippen molar-refractivity contribution in [2.45, 2.75) is 63.0 Å². The van der Waals surface area contributed by atoms with Crippen molar-refractivity contribution in [2.24, 2.45) is 5.41 Å². The fourth-order valence-electron chi connectivity index (χ4n) is 5.08. The molecule has 1 aromatic heterocycles. The van der Waals surface area contributed by atoms with Gasteiger partial charge in [0, 0.05) is 31.7 Å². The molecule has 8 heteroatoms. The molecule has 2 aliphatic heterocycles. The Kier molecular flexibility index (Phi) is 4.20. The molecule has 0 radical (unpaired) electrons. The number of nitrogens with one attached hydrogen (secondary N) is 2. The average Bonchev–Trinajstić information content (AvgIpc) is 3.02. The molecule has 146 valence electrons. The lowest BCUT2D eigenvalue weighted by atomic mass is 9.81. The van der Waals surface area contributed by atoms with Gasteiger partial charge in [0.15, 0.2) is 5.15 Å². The first-order valence-corrected chi connectivity index (χ1v) is 10.4. The fraction of sp³-hybridized carbons (Fsp3) is 0.737. The highest BCUT2D eigenvalue weighted by molar-refractivity contribution is 6.32. The smallest absolute Gasteiger partial charge is 0.258 e. The monoisotopic (exact) mass is 392 g/mol. The molecule has 3 atom stereocenters. The van der Waals surface area contributed by atoms with E-state index in [1.54, 1.807) is 4.90 Å². The molecule has 7 nitrogen and oxygen atoms in total. The molecule has 4 fully saturated rings. The maximum atomic E-state index is 13.0. The zero-order valence-electron chi connectivity index (χ0n) is 15.3. The maximum Gasteiger partial charge on any atom is 0.258 e. The summed E-state index contributed by atoms with van der Waals surface area (Å²) >= 11 is 6.18. The van der Waals surface area contributed by atoms with Gasteiger partial charge in [0.05, 0.1) is 22.8 Å². The fourth-order valence-corrected chi connectivity index (χ4v) is 5.30. The van der Waals surface area contributed by atoms with Crippen LogP contribution in [0.15, 0.2) is 0 Å². The third kappa shape index (κ3) is 2.86. The van der Waals surface area contributed by atoms with Crippen LogP contribution in [0.1, 0.15) is 66.9 Å². The maximum absolute atomic E-state index is 13.0. The van der Waals surface area contributed by atoms with Crippen molar-refractivity contribution in [3.8, 4) is 0 Å². The van der Waals surface area contributed by atoms with Crippen LogP contribution in [0.2, 0.25) is 5.15 Å². The summed E-state index contributed by atoms with van der Waals surface area (Å²) in [7, 11) is 0. The number of H-pyrrole nitrogens is 1. The van der Waals surface area contributed by atoms with Crippen molar-refractivity contribution < 1.29 is 14.3 Å². The normalized spacial score (nSPS) is 32.7. The van der Waals surface area contributed by atoms with Crippen LogP contribution in [-0.4, -0.2) is 58.8 Å². The Morgan fingerprint density at radius 1 is 1.26 bits per heavy atom. The first-order chi connectivity index (χ1) is 13.1. The highest BCUT2D eigenvalue weighted by atomic mass is 35.5. The van der Waals surface area contributed by atoms with Crippen LogP contribution < -0.4 is 5.32 Å². The number of carbonyl (C=O) groups is 2. The number of carbonyl (C=O) groups excluding carboxylic acids is 2. The van der Waals surface area contributed by atoms with Crippen LogP contribution in [0, 0.1) is 5.41 Å². The van der Waals surface area contributed by atoms with Crippen molar-refractivity contribution in [2.75, 3.05) is 19.7 Å². The predicted octanol–water partition coefficient (Wildman–Crippen LogP) is 2.23. The van der Waals surface area contributed by atoms with Gasteiger partial charge in [0.1, 0.15) is 0 Å². The number of aromatic amines is 1. The SMILES string of the molecule is O=C(c1c(Cl)n[nH]c1C1CC1)N1CC[C@@H](NC(=O)[C@]23CCC[C@H]2OCC3)C1.